The Balaban J connectivity index is 2.94. The first-order valence-corrected chi connectivity index (χ1v) is 11.3. The van der Waals surface area contributed by atoms with Crippen molar-refractivity contribution in [3.8, 4) is 0 Å². The molecule has 0 fully saturated rings. The lowest BCUT2D eigenvalue weighted by atomic mass is 9.91. The highest BCUT2D eigenvalue weighted by Gasteiger charge is 2.23. The monoisotopic (exact) mass is 294 g/mol. The largest absolute Gasteiger partial charge is 0.388 e. The van der Waals surface area contributed by atoms with Crippen LogP contribution in [0.1, 0.15) is 43.6 Å². The third kappa shape index (κ3) is 5.04. The molecule has 1 aromatic rings. The van der Waals surface area contributed by atoms with Gasteiger partial charge in [-0.05, 0) is 23.5 Å². The van der Waals surface area contributed by atoms with Crippen molar-refractivity contribution in [2.75, 3.05) is 7.11 Å². The van der Waals surface area contributed by atoms with Crippen LogP contribution in [0.25, 0.3) is 0 Å². The highest BCUT2D eigenvalue weighted by Crippen LogP contribution is 2.33. The van der Waals surface area contributed by atoms with Crippen LogP contribution < -0.4 is 0 Å². The van der Waals surface area contributed by atoms with E-state index in [0.717, 1.165) is 23.6 Å². The predicted molar refractivity (Wildman–Crippen MR) is 88.8 cm³/mol. The number of hydrogen-bond donors (Lipinski definition) is 1. The first-order chi connectivity index (χ1) is 9.26. The number of benzene rings is 1. The molecule has 20 heavy (non-hydrogen) atoms. The predicted octanol–water partition coefficient (Wildman–Crippen LogP) is 4.79. The molecule has 0 aliphatic heterocycles. The van der Waals surface area contributed by atoms with E-state index in [4.69, 9.17) is 4.74 Å². The van der Waals surface area contributed by atoms with Crippen LogP contribution in [-0.2, 0) is 4.74 Å². The average Bonchev–Trinajstić information content (AvgIpc) is 2.36. The van der Waals surface area contributed by atoms with E-state index in [1.54, 1.807) is 7.11 Å². The molecular formula is C17H30O2Si. The lowest BCUT2D eigenvalue weighted by Crippen LogP contribution is -2.21. The van der Waals surface area contributed by atoms with Crippen LogP contribution in [0.15, 0.2) is 24.3 Å². The minimum atomic E-state index is -1.12. The third-order valence-corrected chi connectivity index (χ3v) is 5.48. The first-order valence-electron chi connectivity index (χ1n) is 7.56. The fourth-order valence-electron chi connectivity index (χ4n) is 2.56. The molecule has 0 aliphatic carbocycles. The van der Waals surface area contributed by atoms with Gasteiger partial charge >= 0.3 is 0 Å². The molecular weight excluding hydrogens is 264 g/mol. The van der Waals surface area contributed by atoms with E-state index in [1.165, 1.54) is 0 Å². The average molecular weight is 295 g/mol. The lowest BCUT2D eigenvalue weighted by molar-refractivity contribution is 0.0608. The van der Waals surface area contributed by atoms with Crippen molar-refractivity contribution >= 4 is 8.07 Å². The van der Waals surface area contributed by atoms with Crippen LogP contribution in [0, 0.1) is 5.92 Å². The van der Waals surface area contributed by atoms with Gasteiger partial charge in [-0.3, -0.25) is 0 Å². The van der Waals surface area contributed by atoms with Gasteiger partial charge in [-0.25, -0.2) is 0 Å². The lowest BCUT2D eigenvalue weighted by Gasteiger charge is -2.25. The summed E-state index contributed by atoms with van der Waals surface area (Å²) >= 11 is 0. The Hall–Kier alpha value is -0.643. The van der Waals surface area contributed by atoms with E-state index >= 15 is 0 Å². The van der Waals surface area contributed by atoms with Crippen LogP contribution in [0.2, 0.25) is 25.7 Å². The summed E-state index contributed by atoms with van der Waals surface area (Å²) < 4.78 is 5.63. The summed E-state index contributed by atoms with van der Waals surface area (Å²) in [5, 5.41) is 10.6. The van der Waals surface area contributed by atoms with Crippen molar-refractivity contribution in [2.24, 2.45) is 5.92 Å². The van der Waals surface area contributed by atoms with E-state index < -0.39 is 8.07 Å². The van der Waals surface area contributed by atoms with Crippen molar-refractivity contribution in [2.45, 2.75) is 58.2 Å². The Morgan fingerprint density at radius 3 is 2.10 bits per heavy atom. The molecule has 0 saturated carbocycles. The molecule has 0 saturated heterocycles. The van der Waals surface area contributed by atoms with E-state index in [1.807, 2.05) is 18.2 Å². The normalized spacial score (nSPS) is 15.4. The van der Waals surface area contributed by atoms with Crippen molar-refractivity contribution in [1.82, 2.24) is 0 Å². The molecule has 0 amide bonds. The van der Waals surface area contributed by atoms with Crippen molar-refractivity contribution < 1.29 is 9.84 Å². The van der Waals surface area contributed by atoms with E-state index in [2.05, 4.69) is 39.6 Å². The maximum Gasteiger partial charge on any atom is 0.0847 e. The van der Waals surface area contributed by atoms with Gasteiger partial charge in [0.2, 0.25) is 0 Å². The van der Waals surface area contributed by atoms with Gasteiger partial charge in [0.25, 0.3) is 0 Å². The molecule has 1 aromatic carbocycles. The summed E-state index contributed by atoms with van der Waals surface area (Å²) in [7, 11) is 0.627. The maximum atomic E-state index is 10.6. The minimum Gasteiger partial charge on any atom is -0.388 e. The Morgan fingerprint density at radius 2 is 1.65 bits per heavy atom. The quantitative estimate of drug-likeness (QED) is 0.732. The zero-order valence-electron chi connectivity index (χ0n) is 13.8. The molecule has 0 spiro atoms. The van der Waals surface area contributed by atoms with Gasteiger partial charge in [0, 0.05) is 15.2 Å². The summed E-state index contributed by atoms with van der Waals surface area (Å²) in [6, 6.07) is 9.30. The minimum absolute atomic E-state index is 0.0488. The molecule has 3 heteroatoms. The fourth-order valence-corrected chi connectivity index (χ4v) is 3.70. The summed E-state index contributed by atoms with van der Waals surface area (Å²) in [5.74, 6) is 0.394. The SMILES string of the molecule is COC(c1ccccc1C(O)CC[Si](C)(C)C)C(C)C. The molecule has 1 rings (SSSR count). The van der Waals surface area contributed by atoms with Crippen LogP contribution in [-0.4, -0.2) is 20.3 Å². The van der Waals surface area contributed by atoms with Gasteiger partial charge in [-0.15, -0.1) is 0 Å². The second-order valence-corrected chi connectivity index (χ2v) is 12.8. The molecule has 1 N–H and O–H groups in total. The van der Waals surface area contributed by atoms with Gasteiger partial charge in [-0.2, -0.15) is 0 Å². The highest BCUT2D eigenvalue weighted by atomic mass is 28.3. The second-order valence-electron chi connectivity index (χ2n) is 7.14. The van der Waals surface area contributed by atoms with Crippen LogP contribution in [0.5, 0.6) is 0 Å². The third-order valence-electron chi connectivity index (χ3n) is 3.69. The van der Waals surface area contributed by atoms with E-state index in [-0.39, 0.29) is 12.2 Å². The van der Waals surface area contributed by atoms with Gasteiger partial charge in [0.05, 0.1) is 12.2 Å². The smallest absolute Gasteiger partial charge is 0.0847 e. The summed E-state index contributed by atoms with van der Waals surface area (Å²) in [4.78, 5) is 0. The number of rotatable bonds is 7. The van der Waals surface area contributed by atoms with Crippen molar-refractivity contribution in [3.63, 3.8) is 0 Å². The zero-order chi connectivity index (χ0) is 15.3. The summed E-state index contributed by atoms with van der Waals surface area (Å²) in [6.07, 6.45) is 0.517. The standard InChI is InChI=1S/C17H30O2Si/c1-13(2)17(19-3)15-10-8-7-9-14(15)16(18)11-12-20(4,5)6/h7-10,13,16-18H,11-12H2,1-6H3. The zero-order valence-corrected chi connectivity index (χ0v) is 14.8. The molecule has 0 aromatic heterocycles. The summed E-state index contributed by atoms with van der Waals surface area (Å²) in [6.45, 7) is 11.3. The summed E-state index contributed by atoms with van der Waals surface area (Å²) in [5.41, 5.74) is 2.17. The number of aliphatic hydroxyl groups excluding tert-OH is 1. The number of ether oxygens (including phenoxy) is 1. The molecule has 2 atom stereocenters. The van der Waals surface area contributed by atoms with Crippen LogP contribution >= 0.6 is 0 Å². The van der Waals surface area contributed by atoms with Crippen LogP contribution in [0.3, 0.4) is 0 Å². The molecule has 0 radical (unpaired) electrons. The molecule has 0 bridgehead atoms. The van der Waals surface area contributed by atoms with Crippen molar-refractivity contribution in [3.05, 3.63) is 35.4 Å². The maximum absolute atomic E-state index is 10.6. The van der Waals surface area contributed by atoms with E-state index in [0.29, 0.717) is 5.92 Å². The Bertz CT molecular complexity index is 410. The van der Waals surface area contributed by atoms with Gasteiger partial charge < -0.3 is 9.84 Å². The molecule has 2 unspecified atom stereocenters. The van der Waals surface area contributed by atoms with Gasteiger partial charge in [0.1, 0.15) is 0 Å². The topological polar surface area (TPSA) is 29.5 Å². The Kier molecular flexibility index (Phi) is 6.43. The first kappa shape index (κ1) is 17.4. The number of methoxy groups -OCH3 is 1. The number of hydrogen-bond acceptors (Lipinski definition) is 2. The molecule has 2 nitrogen and oxygen atoms in total. The Morgan fingerprint density at radius 1 is 1.10 bits per heavy atom. The van der Waals surface area contributed by atoms with Gasteiger partial charge in [0.15, 0.2) is 0 Å². The van der Waals surface area contributed by atoms with Crippen LogP contribution in [0.4, 0.5) is 0 Å². The van der Waals surface area contributed by atoms with Crippen molar-refractivity contribution in [1.29, 1.82) is 0 Å². The second kappa shape index (κ2) is 7.39. The molecule has 0 aliphatic rings. The van der Waals surface area contributed by atoms with E-state index in [9.17, 15) is 5.11 Å². The highest BCUT2D eigenvalue weighted by molar-refractivity contribution is 6.76. The fraction of sp³-hybridized carbons (Fsp3) is 0.647. The molecule has 0 heterocycles. The molecule has 114 valence electrons. The Labute approximate surface area is 125 Å². The number of aliphatic hydroxyl groups is 1. The van der Waals surface area contributed by atoms with Gasteiger partial charge in [-0.1, -0.05) is 63.8 Å².